The minimum Gasteiger partial charge on any atom is -0.490 e. The number of nitrogens with zero attached hydrogens (tertiary/aromatic N) is 1. The number of benzene rings is 1. The average Bonchev–Trinajstić information content (AvgIpc) is 2.33. The summed E-state index contributed by atoms with van der Waals surface area (Å²) in [5.74, 6) is 1.16. The number of piperidine rings is 1. The van der Waals surface area contributed by atoms with E-state index in [1.807, 2.05) is 0 Å². The van der Waals surface area contributed by atoms with Crippen LogP contribution < -0.4 is 10.1 Å². The molecule has 92 valence electrons. The number of ether oxygens (including phenoxy) is 1. The second-order valence-electron chi connectivity index (χ2n) is 4.38. The zero-order valence-electron chi connectivity index (χ0n) is 9.76. The molecule has 0 aliphatic carbocycles. The van der Waals surface area contributed by atoms with Gasteiger partial charge in [0, 0.05) is 24.6 Å². The van der Waals surface area contributed by atoms with Gasteiger partial charge in [0.15, 0.2) is 0 Å². The molecular formula is C12H16N2O3. The van der Waals surface area contributed by atoms with Crippen LogP contribution in [-0.2, 0) is 0 Å². The van der Waals surface area contributed by atoms with E-state index in [9.17, 15) is 10.1 Å². The maximum absolute atomic E-state index is 10.5. The topological polar surface area (TPSA) is 64.4 Å². The van der Waals surface area contributed by atoms with E-state index in [0.717, 1.165) is 19.5 Å². The van der Waals surface area contributed by atoms with E-state index < -0.39 is 4.92 Å². The summed E-state index contributed by atoms with van der Waals surface area (Å²) in [6.07, 6.45) is 1.16. The van der Waals surface area contributed by atoms with Crippen molar-refractivity contribution in [1.29, 1.82) is 0 Å². The van der Waals surface area contributed by atoms with E-state index in [-0.39, 0.29) is 11.8 Å². The van der Waals surface area contributed by atoms with Gasteiger partial charge >= 0.3 is 0 Å². The fourth-order valence-corrected chi connectivity index (χ4v) is 1.99. The number of non-ortho nitro benzene ring substituents is 1. The molecule has 1 aliphatic heterocycles. The van der Waals surface area contributed by atoms with Crippen molar-refractivity contribution >= 4 is 5.69 Å². The third-order valence-corrected chi connectivity index (χ3v) is 3.04. The van der Waals surface area contributed by atoms with Crippen LogP contribution in [-0.4, -0.2) is 24.1 Å². The predicted molar refractivity (Wildman–Crippen MR) is 64.2 cm³/mol. The molecule has 1 heterocycles. The molecule has 5 nitrogen and oxygen atoms in total. The second-order valence-corrected chi connectivity index (χ2v) is 4.38. The fraction of sp³-hybridized carbons (Fsp3) is 0.500. The Morgan fingerprint density at radius 2 is 2.12 bits per heavy atom. The number of rotatable bonds is 3. The maximum Gasteiger partial charge on any atom is 0.269 e. The molecule has 2 unspecified atom stereocenters. The molecule has 2 rings (SSSR count). The van der Waals surface area contributed by atoms with Crippen LogP contribution in [0.25, 0.3) is 0 Å². The van der Waals surface area contributed by atoms with E-state index in [2.05, 4.69) is 12.2 Å². The van der Waals surface area contributed by atoms with E-state index in [0.29, 0.717) is 11.7 Å². The van der Waals surface area contributed by atoms with Crippen molar-refractivity contribution < 1.29 is 9.66 Å². The molecule has 0 spiro atoms. The van der Waals surface area contributed by atoms with Gasteiger partial charge in [0.2, 0.25) is 0 Å². The number of hydrogen-bond acceptors (Lipinski definition) is 4. The number of nitrogens with one attached hydrogen (secondary N) is 1. The van der Waals surface area contributed by atoms with Gasteiger partial charge in [-0.2, -0.15) is 0 Å². The average molecular weight is 236 g/mol. The quantitative estimate of drug-likeness (QED) is 0.643. The van der Waals surface area contributed by atoms with Crippen molar-refractivity contribution in [2.24, 2.45) is 5.92 Å². The Labute approximate surface area is 99.9 Å². The fourth-order valence-electron chi connectivity index (χ4n) is 1.99. The zero-order chi connectivity index (χ0) is 12.3. The molecule has 0 amide bonds. The minimum atomic E-state index is -0.406. The first-order valence-corrected chi connectivity index (χ1v) is 5.78. The zero-order valence-corrected chi connectivity index (χ0v) is 9.76. The lowest BCUT2D eigenvalue weighted by atomic mass is 9.98. The van der Waals surface area contributed by atoms with Gasteiger partial charge in [-0.15, -0.1) is 0 Å². The third-order valence-electron chi connectivity index (χ3n) is 3.04. The van der Waals surface area contributed by atoms with Gasteiger partial charge in [-0.1, -0.05) is 6.92 Å². The van der Waals surface area contributed by atoms with E-state index in [1.165, 1.54) is 12.1 Å². The largest absolute Gasteiger partial charge is 0.490 e. The number of nitro groups is 1. The molecular weight excluding hydrogens is 220 g/mol. The Kier molecular flexibility index (Phi) is 3.58. The smallest absolute Gasteiger partial charge is 0.269 e. The van der Waals surface area contributed by atoms with Gasteiger partial charge in [-0.3, -0.25) is 10.1 Å². The van der Waals surface area contributed by atoms with Crippen LogP contribution in [0.15, 0.2) is 24.3 Å². The third kappa shape index (κ3) is 2.94. The van der Waals surface area contributed by atoms with Crippen molar-refractivity contribution in [3.8, 4) is 5.75 Å². The molecule has 1 aromatic carbocycles. The summed E-state index contributed by atoms with van der Waals surface area (Å²) in [5, 5.41) is 13.8. The van der Waals surface area contributed by atoms with Crippen molar-refractivity contribution in [2.75, 3.05) is 13.1 Å². The van der Waals surface area contributed by atoms with Crippen LogP contribution in [0.4, 0.5) is 5.69 Å². The lowest BCUT2D eigenvalue weighted by Crippen LogP contribution is -2.41. The Bertz CT molecular complexity index is 391. The Hall–Kier alpha value is -1.62. The molecule has 0 radical (unpaired) electrons. The van der Waals surface area contributed by atoms with Gasteiger partial charge in [-0.05, 0) is 25.1 Å². The first kappa shape index (κ1) is 11.9. The number of nitro benzene ring substituents is 1. The molecule has 17 heavy (non-hydrogen) atoms. The van der Waals surface area contributed by atoms with Crippen molar-refractivity contribution in [3.63, 3.8) is 0 Å². The van der Waals surface area contributed by atoms with Gasteiger partial charge < -0.3 is 10.1 Å². The van der Waals surface area contributed by atoms with Crippen LogP contribution in [0.3, 0.4) is 0 Å². The monoisotopic (exact) mass is 236 g/mol. The summed E-state index contributed by atoms with van der Waals surface area (Å²) in [6.45, 7) is 4.06. The lowest BCUT2D eigenvalue weighted by molar-refractivity contribution is -0.384. The predicted octanol–water partition coefficient (Wildman–Crippen LogP) is 1.97. The molecule has 1 aromatic rings. The summed E-state index contributed by atoms with van der Waals surface area (Å²) >= 11 is 0. The van der Waals surface area contributed by atoms with Crippen LogP contribution in [0.2, 0.25) is 0 Å². The van der Waals surface area contributed by atoms with Gasteiger partial charge in [-0.25, -0.2) is 0 Å². The van der Waals surface area contributed by atoms with Crippen LogP contribution in [0.5, 0.6) is 5.75 Å². The molecule has 0 aromatic heterocycles. The molecule has 2 atom stereocenters. The van der Waals surface area contributed by atoms with Crippen molar-refractivity contribution in [3.05, 3.63) is 34.4 Å². The first-order chi connectivity index (χ1) is 8.16. The molecule has 1 aliphatic rings. The molecule has 1 saturated heterocycles. The normalized spacial score (nSPS) is 24.3. The molecule has 0 saturated carbocycles. The highest BCUT2D eigenvalue weighted by Gasteiger charge is 2.22. The highest BCUT2D eigenvalue weighted by molar-refractivity contribution is 5.36. The van der Waals surface area contributed by atoms with Gasteiger partial charge in [0.1, 0.15) is 11.9 Å². The summed E-state index contributed by atoms with van der Waals surface area (Å²) in [6, 6.07) is 6.27. The standard InChI is InChI=1S/C12H16N2O3/c1-9-8-13-7-6-12(9)17-11-4-2-10(3-5-11)14(15)16/h2-5,9,12-13H,6-8H2,1H3. The van der Waals surface area contributed by atoms with E-state index in [1.54, 1.807) is 12.1 Å². The Morgan fingerprint density at radius 3 is 2.71 bits per heavy atom. The Morgan fingerprint density at radius 1 is 1.41 bits per heavy atom. The maximum atomic E-state index is 10.5. The van der Waals surface area contributed by atoms with E-state index in [4.69, 9.17) is 4.74 Å². The van der Waals surface area contributed by atoms with Crippen molar-refractivity contribution in [1.82, 2.24) is 5.32 Å². The van der Waals surface area contributed by atoms with Gasteiger partial charge in [0.25, 0.3) is 5.69 Å². The summed E-state index contributed by atoms with van der Waals surface area (Å²) in [4.78, 5) is 10.1. The Balaban J connectivity index is 2.00. The second kappa shape index (κ2) is 5.14. The van der Waals surface area contributed by atoms with Crippen LogP contribution in [0, 0.1) is 16.0 Å². The highest BCUT2D eigenvalue weighted by Crippen LogP contribution is 2.22. The summed E-state index contributed by atoms with van der Waals surface area (Å²) < 4.78 is 5.84. The highest BCUT2D eigenvalue weighted by atomic mass is 16.6. The number of hydrogen-bond donors (Lipinski definition) is 1. The molecule has 1 fully saturated rings. The minimum absolute atomic E-state index is 0.0932. The van der Waals surface area contributed by atoms with Crippen LogP contribution in [0.1, 0.15) is 13.3 Å². The summed E-state index contributed by atoms with van der Waals surface area (Å²) in [5.41, 5.74) is 0.0932. The van der Waals surface area contributed by atoms with Gasteiger partial charge in [0.05, 0.1) is 4.92 Å². The van der Waals surface area contributed by atoms with Crippen molar-refractivity contribution in [2.45, 2.75) is 19.4 Å². The van der Waals surface area contributed by atoms with E-state index >= 15 is 0 Å². The summed E-state index contributed by atoms with van der Waals surface area (Å²) in [7, 11) is 0. The molecule has 1 N–H and O–H groups in total. The SMILES string of the molecule is CC1CNCCC1Oc1ccc([N+](=O)[O-])cc1. The first-order valence-electron chi connectivity index (χ1n) is 5.78. The molecule has 5 heteroatoms. The molecule has 0 bridgehead atoms. The van der Waals surface area contributed by atoms with Crippen LogP contribution >= 0.6 is 0 Å². The lowest BCUT2D eigenvalue weighted by Gasteiger charge is -2.29.